The Hall–Kier alpha value is -2.64. The van der Waals surface area contributed by atoms with Crippen LogP contribution in [0, 0.1) is 0 Å². The van der Waals surface area contributed by atoms with Crippen molar-refractivity contribution in [2.45, 2.75) is 44.9 Å². The van der Waals surface area contributed by atoms with Crippen molar-refractivity contribution in [3.63, 3.8) is 0 Å². The molecule has 3 aromatic rings. The Balaban J connectivity index is 1.73. The van der Waals surface area contributed by atoms with Gasteiger partial charge in [0, 0.05) is 25.6 Å². The van der Waals surface area contributed by atoms with Gasteiger partial charge in [-0.05, 0) is 56.5 Å². The molecule has 0 aliphatic carbocycles. The fourth-order valence-electron chi connectivity index (χ4n) is 4.04. The molecule has 0 amide bonds. The fourth-order valence-corrected chi connectivity index (χ4v) is 4.04. The van der Waals surface area contributed by atoms with Gasteiger partial charge in [0.15, 0.2) is 6.23 Å². The number of ether oxygens (including phenoxy) is 2. The van der Waals surface area contributed by atoms with Crippen LogP contribution in [0.3, 0.4) is 0 Å². The van der Waals surface area contributed by atoms with Crippen LogP contribution in [0.1, 0.15) is 44.5 Å². The second kappa shape index (κ2) is 9.02. The first-order chi connectivity index (χ1) is 14.7. The Kier molecular flexibility index (Phi) is 6.20. The Morgan fingerprint density at radius 2 is 2.27 bits per heavy atom. The predicted molar refractivity (Wildman–Crippen MR) is 119 cm³/mol. The first-order valence-corrected chi connectivity index (χ1v) is 10.8. The lowest BCUT2D eigenvalue weighted by Crippen LogP contribution is -2.29. The molecule has 1 fully saturated rings. The molecule has 3 heterocycles. The minimum atomic E-state index is -0.00931. The second-order valence-corrected chi connectivity index (χ2v) is 7.78. The minimum Gasteiger partial charge on any atom is -0.473 e. The molecule has 4 rings (SSSR count). The molecule has 1 saturated heterocycles. The van der Waals surface area contributed by atoms with Crippen LogP contribution in [-0.2, 0) is 11.8 Å². The van der Waals surface area contributed by atoms with E-state index in [1.165, 1.54) is 0 Å². The van der Waals surface area contributed by atoms with Crippen LogP contribution in [-0.4, -0.2) is 45.9 Å². The van der Waals surface area contributed by atoms with Gasteiger partial charge >= 0.3 is 0 Å². The van der Waals surface area contributed by atoms with Gasteiger partial charge in [-0.15, -0.1) is 0 Å². The molecule has 30 heavy (non-hydrogen) atoms. The zero-order valence-corrected chi connectivity index (χ0v) is 18.1. The Bertz CT molecular complexity index is 1020. The molecule has 7 nitrogen and oxygen atoms in total. The second-order valence-electron chi connectivity index (χ2n) is 7.78. The van der Waals surface area contributed by atoms with Crippen LogP contribution < -0.4 is 10.1 Å². The fraction of sp³-hybridized carbons (Fsp3) is 0.478. The number of aryl methyl sites for hydroxylation is 1. The van der Waals surface area contributed by atoms with Gasteiger partial charge in [-0.3, -0.25) is 0 Å². The molecule has 2 atom stereocenters. The van der Waals surface area contributed by atoms with Crippen molar-refractivity contribution < 1.29 is 9.47 Å². The van der Waals surface area contributed by atoms with E-state index in [9.17, 15) is 0 Å². The van der Waals surface area contributed by atoms with Crippen LogP contribution in [0.4, 0.5) is 0 Å². The highest BCUT2D eigenvalue weighted by molar-refractivity contribution is 5.91. The van der Waals surface area contributed by atoms with Gasteiger partial charge in [-0.1, -0.05) is 19.6 Å². The van der Waals surface area contributed by atoms with Gasteiger partial charge in [0.2, 0.25) is 5.88 Å². The number of fused-ring (bicyclic) bond motifs is 1. The topological polar surface area (TPSA) is 66.1 Å². The monoisotopic (exact) mass is 409 g/mol. The Morgan fingerprint density at radius 3 is 2.97 bits per heavy atom. The van der Waals surface area contributed by atoms with Crippen molar-refractivity contribution >= 4 is 17.0 Å². The van der Waals surface area contributed by atoms with Crippen LogP contribution in [0.25, 0.3) is 28.1 Å². The number of nitrogens with zero attached hydrogens (tertiary/aromatic N) is 4. The maximum Gasteiger partial charge on any atom is 0.219 e. The molecule has 2 unspecified atom stereocenters. The molecular weight excluding hydrogens is 378 g/mol. The normalized spacial score (nSPS) is 17.9. The summed E-state index contributed by atoms with van der Waals surface area (Å²) >= 11 is 0. The Labute approximate surface area is 177 Å². The van der Waals surface area contributed by atoms with Crippen molar-refractivity contribution in [2.75, 3.05) is 20.2 Å². The first-order valence-electron chi connectivity index (χ1n) is 10.8. The van der Waals surface area contributed by atoms with E-state index in [0.717, 1.165) is 72.4 Å². The van der Waals surface area contributed by atoms with Crippen LogP contribution in [0.2, 0.25) is 0 Å². The summed E-state index contributed by atoms with van der Waals surface area (Å²) in [6.07, 6.45) is 7.93. The van der Waals surface area contributed by atoms with E-state index in [4.69, 9.17) is 14.6 Å². The van der Waals surface area contributed by atoms with Gasteiger partial charge in [0.05, 0.1) is 23.0 Å². The van der Waals surface area contributed by atoms with Gasteiger partial charge in [-0.2, -0.15) is 10.2 Å². The molecule has 2 aromatic heterocycles. The van der Waals surface area contributed by atoms with E-state index >= 15 is 0 Å². The van der Waals surface area contributed by atoms with E-state index in [1.54, 1.807) is 4.68 Å². The van der Waals surface area contributed by atoms with Gasteiger partial charge in [0.25, 0.3) is 0 Å². The lowest BCUT2D eigenvalue weighted by molar-refractivity contribution is -0.0367. The van der Waals surface area contributed by atoms with Crippen molar-refractivity contribution in [3.05, 3.63) is 36.7 Å². The minimum absolute atomic E-state index is 0.00931. The summed E-state index contributed by atoms with van der Waals surface area (Å²) in [4.78, 5) is 0. The van der Waals surface area contributed by atoms with E-state index in [2.05, 4.69) is 42.1 Å². The highest BCUT2D eigenvalue weighted by Crippen LogP contribution is 2.35. The highest BCUT2D eigenvalue weighted by atomic mass is 16.5. The Morgan fingerprint density at radius 1 is 1.40 bits per heavy atom. The quantitative estimate of drug-likeness (QED) is 0.605. The molecule has 1 aliphatic heterocycles. The third kappa shape index (κ3) is 3.87. The summed E-state index contributed by atoms with van der Waals surface area (Å²) in [5.74, 6) is 0.777. The average Bonchev–Trinajstić information content (AvgIpc) is 3.34. The smallest absolute Gasteiger partial charge is 0.219 e. The van der Waals surface area contributed by atoms with Crippen LogP contribution in [0.5, 0.6) is 5.88 Å². The van der Waals surface area contributed by atoms with E-state index in [0.29, 0.717) is 0 Å². The molecular formula is C23H31N5O2. The number of benzene rings is 1. The summed E-state index contributed by atoms with van der Waals surface area (Å²) in [5, 5.41) is 13.5. The maximum atomic E-state index is 6.31. The van der Waals surface area contributed by atoms with E-state index in [1.807, 2.05) is 31.1 Å². The van der Waals surface area contributed by atoms with Gasteiger partial charge in [-0.25, -0.2) is 9.36 Å². The van der Waals surface area contributed by atoms with E-state index in [-0.39, 0.29) is 12.3 Å². The molecule has 0 spiro atoms. The first kappa shape index (κ1) is 20.6. The van der Waals surface area contributed by atoms with Crippen molar-refractivity contribution in [1.29, 1.82) is 0 Å². The van der Waals surface area contributed by atoms with E-state index < -0.39 is 0 Å². The average molecular weight is 410 g/mol. The number of likely N-dealkylation sites (N-methyl/N-ethyl adjacent to an activating group) is 1. The number of rotatable bonds is 8. The van der Waals surface area contributed by atoms with Crippen molar-refractivity contribution in [2.24, 2.45) is 7.05 Å². The van der Waals surface area contributed by atoms with Gasteiger partial charge < -0.3 is 14.8 Å². The zero-order valence-electron chi connectivity index (χ0n) is 18.1. The third-order valence-electron chi connectivity index (χ3n) is 5.72. The molecule has 0 saturated carbocycles. The number of aromatic nitrogens is 4. The summed E-state index contributed by atoms with van der Waals surface area (Å²) in [7, 11) is 3.85. The lowest BCUT2D eigenvalue weighted by Gasteiger charge is -2.23. The number of hydrogen-bond acceptors (Lipinski definition) is 5. The largest absolute Gasteiger partial charge is 0.473 e. The number of hydrogen-bond donors (Lipinski definition) is 1. The van der Waals surface area contributed by atoms with Gasteiger partial charge in [0.1, 0.15) is 6.10 Å². The number of nitrogens with one attached hydrogen (secondary N) is 1. The third-order valence-corrected chi connectivity index (χ3v) is 5.72. The molecule has 1 aliphatic rings. The predicted octanol–water partition coefficient (Wildman–Crippen LogP) is 4.16. The standard InChI is InChI=1S/C23H31N5O2/c1-5-17(14-24-3)30-23-19(15-25-27(23)4)16-10-11-21-18(13-16)20(6-2)26-28(21)22-9-7-8-12-29-22/h6,10-11,13,15,17,22,24H,2,5,7-9,12,14H2,1,3-4H3. The maximum absolute atomic E-state index is 6.31. The lowest BCUT2D eigenvalue weighted by atomic mass is 10.1. The van der Waals surface area contributed by atoms with Crippen molar-refractivity contribution in [1.82, 2.24) is 24.9 Å². The zero-order chi connectivity index (χ0) is 21.1. The molecule has 0 radical (unpaired) electrons. The molecule has 1 aromatic carbocycles. The van der Waals surface area contributed by atoms with Crippen LogP contribution >= 0.6 is 0 Å². The highest BCUT2D eigenvalue weighted by Gasteiger charge is 2.22. The summed E-state index contributed by atoms with van der Waals surface area (Å²) < 4.78 is 16.1. The SMILES string of the molecule is C=Cc1nn(C2CCCCO2)c2ccc(-c3cnn(C)c3OC(CC)CNC)cc12. The summed E-state index contributed by atoms with van der Waals surface area (Å²) in [6.45, 7) is 7.67. The summed E-state index contributed by atoms with van der Waals surface area (Å²) in [6, 6.07) is 6.38. The van der Waals surface area contributed by atoms with Crippen molar-refractivity contribution in [3.8, 4) is 17.0 Å². The molecule has 160 valence electrons. The molecule has 7 heteroatoms. The molecule has 0 bridgehead atoms. The molecule has 1 N–H and O–H groups in total. The van der Waals surface area contributed by atoms with Crippen LogP contribution in [0.15, 0.2) is 31.0 Å². The summed E-state index contributed by atoms with van der Waals surface area (Å²) in [5.41, 5.74) is 3.96.